The second-order valence-corrected chi connectivity index (χ2v) is 5.98. The lowest BCUT2D eigenvalue weighted by Crippen LogP contribution is -2.35. The Kier molecular flexibility index (Phi) is 3.92. The maximum atomic E-state index is 6.00. The van der Waals surface area contributed by atoms with Crippen molar-refractivity contribution in [3.05, 3.63) is 34.7 Å². The highest BCUT2D eigenvalue weighted by atomic mass is 35.5. The van der Waals surface area contributed by atoms with Gasteiger partial charge in [-0.05, 0) is 51.5 Å². The summed E-state index contributed by atoms with van der Waals surface area (Å²) in [5.41, 5.74) is 1.90. The van der Waals surface area contributed by atoms with Crippen LogP contribution in [0, 0.1) is 6.92 Å². The van der Waals surface area contributed by atoms with Crippen LogP contribution in [-0.4, -0.2) is 15.7 Å². The lowest BCUT2D eigenvalue weighted by Gasteiger charge is -2.18. The summed E-state index contributed by atoms with van der Waals surface area (Å²) in [7, 11) is 0. The molecule has 0 fully saturated rings. The van der Waals surface area contributed by atoms with Crippen LogP contribution < -0.4 is 5.32 Å². The van der Waals surface area contributed by atoms with Gasteiger partial charge in [0.1, 0.15) is 0 Å². The van der Waals surface area contributed by atoms with E-state index in [-0.39, 0.29) is 5.54 Å². The minimum atomic E-state index is 0.0193. The molecule has 1 aromatic carbocycles. The van der Waals surface area contributed by atoms with E-state index in [1.54, 1.807) is 0 Å². The van der Waals surface area contributed by atoms with E-state index in [0.717, 1.165) is 16.1 Å². The smallest absolute Gasteiger partial charge is 0.247 e. The standard InChI is InChI=1S/C14H18ClN3O/c1-9-7-10(5-6-11(9)15)13-18-17-12(19-13)8-16-14(2,3)4/h5-7,16H,8H2,1-4H3. The van der Waals surface area contributed by atoms with E-state index in [0.29, 0.717) is 18.3 Å². The number of aromatic nitrogens is 2. The number of rotatable bonds is 3. The lowest BCUT2D eigenvalue weighted by atomic mass is 10.1. The quantitative estimate of drug-likeness (QED) is 0.933. The van der Waals surface area contributed by atoms with Crippen molar-refractivity contribution in [3.8, 4) is 11.5 Å². The molecular formula is C14H18ClN3O. The Hall–Kier alpha value is -1.39. The number of hydrogen-bond acceptors (Lipinski definition) is 4. The lowest BCUT2D eigenvalue weighted by molar-refractivity contribution is 0.383. The highest BCUT2D eigenvalue weighted by Gasteiger charge is 2.13. The summed E-state index contributed by atoms with van der Waals surface area (Å²) in [6, 6.07) is 5.66. The fraction of sp³-hybridized carbons (Fsp3) is 0.429. The molecule has 0 bridgehead atoms. The zero-order valence-electron chi connectivity index (χ0n) is 11.6. The van der Waals surface area contributed by atoms with Gasteiger partial charge in [-0.3, -0.25) is 0 Å². The van der Waals surface area contributed by atoms with Crippen molar-refractivity contribution in [1.82, 2.24) is 15.5 Å². The van der Waals surface area contributed by atoms with Gasteiger partial charge in [-0.15, -0.1) is 10.2 Å². The molecule has 5 heteroatoms. The van der Waals surface area contributed by atoms with Crippen molar-refractivity contribution < 1.29 is 4.42 Å². The largest absolute Gasteiger partial charge is 0.419 e. The van der Waals surface area contributed by atoms with Crippen molar-refractivity contribution in [2.75, 3.05) is 0 Å². The molecule has 0 saturated carbocycles. The van der Waals surface area contributed by atoms with E-state index in [4.69, 9.17) is 16.0 Å². The first kappa shape index (κ1) is 14.0. The van der Waals surface area contributed by atoms with Crippen molar-refractivity contribution in [2.45, 2.75) is 39.8 Å². The Bertz CT molecular complexity index is 572. The first-order valence-electron chi connectivity index (χ1n) is 6.19. The van der Waals surface area contributed by atoms with Gasteiger partial charge in [-0.2, -0.15) is 0 Å². The first-order chi connectivity index (χ1) is 8.85. The summed E-state index contributed by atoms with van der Waals surface area (Å²) < 4.78 is 5.63. The van der Waals surface area contributed by atoms with Crippen molar-refractivity contribution in [1.29, 1.82) is 0 Å². The fourth-order valence-corrected chi connectivity index (χ4v) is 1.68. The number of nitrogens with one attached hydrogen (secondary N) is 1. The van der Waals surface area contributed by atoms with Crippen LogP contribution in [-0.2, 0) is 6.54 Å². The van der Waals surface area contributed by atoms with Crippen molar-refractivity contribution >= 4 is 11.6 Å². The highest BCUT2D eigenvalue weighted by molar-refractivity contribution is 6.31. The molecule has 2 aromatic rings. The zero-order chi connectivity index (χ0) is 14.0. The van der Waals surface area contributed by atoms with Crippen LogP contribution in [0.2, 0.25) is 5.02 Å². The molecular weight excluding hydrogens is 262 g/mol. The van der Waals surface area contributed by atoms with Crippen LogP contribution >= 0.6 is 11.6 Å². The number of benzene rings is 1. The van der Waals surface area contributed by atoms with Gasteiger partial charge in [-0.25, -0.2) is 0 Å². The number of hydrogen-bond donors (Lipinski definition) is 1. The molecule has 102 valence electrons. The molecule has 0 aliphatic heterocycles. The van der Waals surface area contributed by atoms with E-state index in [1.807, 2.05) is 25.1 Å². The van der Waals surface area contributed by atoms with E-state index in [1.165, 1.54) is 0 Å². The third-order valence-electron chi connectivity index (χ3n) is 2.64. The first-order valence-corrected chi connectivity index (χ1v) is 6.57. The van der Waals surface area contributed by atoms with Gasteiger partial charge in [-0.1, -0.05) is 11.6 Å². The normalized spacial score (nSPS) is 11.8. The van der Waals surface area contributed by atoms with Gasteiger partial charge >= 0.3 is 0 Å². The Labute approximate surface area is 118 Å². The van der Waals surface area contributed by atoms with Crippen LogP contribution in [0.4, 0.5) is 0 Å². The molecule has 2 rings (SSSR count). The second-order valence-electron chi connectivity index (χ2n) is 5.57. The minimum absolute atomic E-state index is 0.0193. The zero-order valence-corrected chi connectivity index (χ0v) is 12.4. The predicted molar refractivity (Wildman–Crippen MR) is 76.1 cm³/mol. The van der Waals surface area contributed by atoms with Crippen LogP contribution in [0.3, 0.4) is 0 Å². The average Bonchev–Trinajstić information content (AvgIpc) is 2.78. The molecule has 0 amide bonds. The number of nitrogens with zero attached hydrogens (tertiary/aromatic N) is 2. The van der Waals surface area contributed by atoms with Crippen LogP contribution in [0.15, 0.2) is 22.6 Å². The van der Waals surface area contributed by atoms with E-state index < -0.39 is 0 Å². The molecule has 0 radical (unpaired) electrons. The molecule has 1 aromatic heterocycles. The number of halogens is 1. The van der Waals surface area contributed by atoms with Crippen LogP contribution in [0.25, 0.3) is 11.5 Å². The Morgan fingerprint density at radius 2 is 2.00 bits per heavy atom. The van der Waals surface area contributed by atoms with Gasteiger partial charge in [0, 0.05) is 16.1 Å². The Balaban J connectivity index is 2.14. The highest BCUT2D eigenvalue weighted by Crippen LogP contribution is 2.23. The Morgan fingerprint density at radius 1 is 1.26 bits per heavy atom. The summed E-state index contributed by atoms with van der Waals surface area (Å²) in [6.07, 6.45) is 0. The maximum absolute atomic E-state index is 6.00. The summed E-state index contributed by atoms with van der Waals surface area (Å²) in [5.74, 6) is 1.10. The third-order valence-corrected chi connectivity index (χ3v) is 3.07. The van der Waals surface area contributed by atoms with Gasteiger partial charge < -0.3 is 9.73 Å². The molecule has 1 heterocycles. The van der Waals surface area contributed by atoms with Crippen molar-refractivity contribution in [2.24, 2.45) is 0 Å². The molecule has 0 aliphatic rings. The van der Waals surface area contributed by atoms with E-state index >= 15 is 0 Å². The monoisotopic (exact) mass is 279 g/mol. The van der Waals surface area contributed by atoms with E-state index in [2.05, 4.69) is 36.3 Å². The molecule has 0 spiro atoms. The number of aryl methyl sites for hydroxylation is 1. The summed E-state index contributed by atoms with van der Waals surface area (Å²) in [5, 5.41) is 12.1. The van der Waals surface area contributed by atoms with Gasteiger partial charge in [0.25, 0.3) is 0 Å². The minimum Gasteiger partial charge on any atom is -0.419 e. The van der Waals surface area contributed by atoms with Gasteiger partial charge in [0.05, 0.1) is 6.54 Å². The Morgan fingerprint density at radius 3 is 2.63 bits per heavy atom. The summed E-state index contributed by atoms with van der Waals surface area (Å²) in [6.45, 7) is 8.78. The molecule has 4 nitrogen and oxygen atoms in total. The molecule has 19 heavy (non-hydrogen) atoms. The summed E-state index contributed by atoms with van der Waals surface area (Å²) in [4.78, 5) is 0. The fourth-order valence-electron chi connectivity index (χ4n) is 1.56. The SMILES string of the molecule is Cc1cc(-c2nnc(CNC(C)(C)C)o2)ccc1Cl. The molecule has 0 aliphatic carbocycles. The third kappa shape index (κ3) is 3.78. The van der Waals surface area contributed by atoms with Crippen LogP contribution in [0.5, 0.6) is 0 Å². The second kappa shape index (κ2) is 5.31. The van der Waals surface area contributed by atoms with Crippen LogP contribution in [0.1, 0.15) is 32.2 Å². The van der Waals surface area contributed by atoms with Crippen molar-refractivity contribution in [3.63, 3.8) is 0 Å². The molecule has 1 N–H and O–H groups in total. The van der Waals surface area contributed by atoms with Gasteiger partial charge in [0.2, 0.25) is 11.8 Å². The molecule has 0 atom stereocenters. The summed E-state index contributed by atoms with van der Waals surface area (Å²) >= 11 is 6.00. The maximum Gasteiger partial charge on any atom is 0.247 e. The van der Waals surface area contributed by atoms with E-state index in [9.17, 15) is 0 Å². The predicted octanol–water partition coefficient (Wildman–Crippen LogP) is 3.59. The molecule has 0 saturated heterocycles. The van der Waals surface area contributed by atoms with Gasteiger partial charge in [0.15, 0.2) is 0 Å². The molecule has 0 unspecified atom stereocenters. The topological polar surface area (TPSA) is 51.0 Å². The average molecular weight is 280 g/mol.